The summed E-state index contributed by atoms with van der Waals surface area (Å²) in [6, 6.07) is 67.4. The molecule has 0 fully saturated rings. The van der Waals surface area contributed by atoms with Gasteiger partial charge in [0.05, 0.1) is 16.7 Å². The number of nitrogens with zero attached hydrogens (tertiary/aromatic N) is 4. The Bertz CT molecular complexity index is 3170. The molecule has 0 saturated heterocycles. The van der Waals surface area contributed by atoms with Crippen molar-refractivity contribution in [2.75, 3.05) is 0 Å². The third-order valence-electron chi connectivity index (χ3n) is 10.6. The molecule has 11 rings (SSSR count). The Morgan fingerprint density at radius 1 is 0.357 bits per heavy atom. The van der Waals surface area contributed by atoms with Crippen molar-refractivity contribution in [3.05, 3.63) is 194 Å². The van der Waals surface area contributed by atoms with Gasteiger partial charge in [0.1, 0.15) is 5.58 Å². The van der Waals surface area contributed by atoms with Crippen molar-refractivity contribution < 1.29 is 4.42 Å². The quantitative estimate of drug-likeness (QED) is 0.172. The lowest BCUT2D eigenvalue weighted by Gasteiger charge is -2.12. The highest BCUT2D eigenvalue weighted by Gasteiger charge is 2.23. The molecule has 5 heteroatoms. The van der Waals surface area contributed by atoms with E-state index in [2.05, 4.69) is 126 Å². The van der Waals surface area contributed by atoms with Crippen LogP contribution in [-0.2, 0) is 0 Å². The standard InChI is InChI=1S/C51H32N4O/c1-5-16-33(17-6-1)37-28-29-44-41(30-37)39-24-13-14-26-43(39)55(44)45-32-38(34-18-7-2-8-19-34)31-42-47-40(25-15-27-46(47)56-48(42)45)51-53-49(35-20-9-3-10-21-35)52-50(54-51)36-22-11-4-12-23-36/h1-32H. The van der Waals surface area contributed by atoms with Crippen LogP contribution in [0.25, 0.3) is 106 Å². The van der Waals surface area contributed by atoms with Gasteiger partial charge in [-0.25, -0.2) is 15.0 Å². The van der Waals surface area contributed by atoms with Crippen molar-refractivity contribution in [3.63, 3.8) is 0 Å². The molecule has 0 unspecified atom stereocenters. The Hall–Kier alpha value is -7.63. The summed E-state index contributed by atoms with van der Waals surface area (Å²) in [5.74, 6) is 1.82. The van der Waals surface area contributed by atoms with Crippen LogP contribution >= 0.6 is 0 Å². The first-order chi connectivity index (χ1) is 27.8. The molecule has 11 aromatic rings. The second-order valence-electron chi connectivity index (χ2n) is 14.0. The van der Waals surface area contributed by atoms with Crippen LogP contribution in [0.3, 0.4) is 0 Å². The van der Waals surface area contributed by atoms with Crippen LogP contribution in [0.4, 0.5) is 0 Å². The van der Waals surface area contributed by atoms with Gasteiger partial charge in [0.2, 0.25) is 0 Å². The highest BCUT2D eigenvalue weighted by Crippen LogP contribution is 2.44. The number of aromatic nitrogens is 4. The molecule has 0 N–H and O–H groups in total. The van der Waals surface area contributed by atoms with E-state index in [1.54, 1.807) is 0 Å². The van der Waals surface area contributed by atoms with Crippen molar-refractivity contribution in [2.45, 2.75) is 0 Å². The average Bonchev–Trinajstić information content (AvgIpc) is 3.83. The third-order valence-corrected chi connectivity index (χ3v) is 10.6. The molecule has 0 atom stereocenters. The number of rotatable bonds is 6. The summed E-state index contributed by atoms with van der Waals surface area (Å²) in [6.07, 6.45) is 0. The maximum absolute atomic E-state index is 6.99. The van der Waals surface area contributed by atoms with E-state index in [9.17, 15) is 0 Å². The van der Waals surface area contributed by atoms with Gasteiger partial charge in [0, 0.05) is 38.2 Å². The molecule has 8 aromatic carbocycles. The largest absolute Gasteiger partial charge is 0.454 e. The van der Waals surface area contributed by atoms with E-state index >= 15 is 0 Å². The van der Waals surface area contributed by atoms with Crippen molar-refractivity contribution >= 4 is 43.7 Å². The Kier molecular flexibility index (Phi) is 7.42. The average molecular weight is 717 g/mol. The molecule has 0 radical (unpaired) electrons. The SMILES string of the molecule is c1ccc(-c2cc(-n3c4ccccc4c4cc(-c5ccccc5)ccc43)c3oc4cccc(-c5nc(-c6ccccc6)nc(-c6ccccc6)n5)c4c3c2)cc1. The topological polar surface area (TPSA) is 56.7 Å². The maximum Gasteiger partial charge on any atom is 0.164 e. The second kappa shape index (κ2) is 13.0. The van der Waals surface area contributed by atoms with Crippen LogP contribution in [0.5, 0.6) is 0 Å². The van der Waals surface area contributed by atoms with Gasteiger partial charge in [0.15, 0.2) is 23.1 Å². The highest BCUT2D eigenvalue weighted by atomic mass is 16.3. The molecule has 0 amide bonds. The van der Waals surface area contributed by atoms with Crippen LogP contribution in [0.15, 0.2) is 199 Å². The molecule has 0 bridgehead atoms. The monoisotopic (exact) mass is 716 g/mol. The minimum atomic E-state index is 0.586. The Labute approximate surface area is 322 Å². The van der Waals surface area contributed by atoms with E-state index in [1.165, 1.54) is 21.9 Å². The molecular weight excluding hydrogens is 685 g/mol. The first kappa shape index (κ1) is 31.9. The number of hydrogen-bond acceptors (Lipinski definition) is 4. The van der Waals surface area contributed by atoms with Crippen LogP contribution in [0.1, 0.15) is 0 Å². The molecule has 262 valence electrons. The summed E-state index contributed by atoms with van der Waals surface area (Å²) in [4.78, 5) is 15.2. The number of benzene rings is 8. The molecule has 3 heterocycles. The van der Waals surface area contributed by atoms with Crippen molar-refractivity contribution in [1.29, 1.82) is 0 Å². The smallest absolute Gasteiger partial charge is 0.164 e. The summed E-state index contributed by atoms with van der Waals surface area (Å²) in [5, 5.41) is 4.31. The fourth-order valence-corrected chi connectivity index (χ4v) is 8.03. The molecule has 0 aliphatic rings. The van der Waals surface area contributed by atoms with Gasteiger partial charge in [-0.2, -0.15) is 0 Å². The zero-order valence-corrected chi connectivity index (χ0v) is 30.2. The van der Waals surface area contributed by atoms with E-state index in [-0.39, 0.29) is 0 Å². The summed E-state index contributed by atoms with van der Waals surface area (Å²) < 4.78 is 9.35. The van der Waals surface area contributed by atoms with E-state index in [1.807, 2.05) is 72.8 Å². The second-order valence-corrected chi connectivity index (χ2v) is 14.0. The van der Waals surface area contributed by atoms with Crippen LogP contribution in [-0.4, -0.2) is 19.5 Å². The Morgan fingerprint density at radius 2 is 0.893 bits per heavy atom. The Morgan fingerprint density at radius 3 is 1.55 bits per heavy atom. The molecule has 3 aromatic heterocycles. The number of para-hydroxylation sites is 1. The van der Waals surface area contributed by atoms with E-state index in [0.717, 1.165) is 66.5 Å². The zero-order chi connectivity index (χ0) is 37.0. The van der Waals surface area contributed by atoms with Gasteiger partial charge in [-0.1, -0.05) is 158 Å². The predicted octanol–water partition coefficient (Wildman–Crippen LogP) is 13.2. The van der Waals surface area contributed by atoms with Gasteiger partial charge in [-0.3, -0.25) is 0 Å². The van der Waals surface area contributed by atoms with Gasteiger partial charge in [0.25, 0.3) is 0 Å². The molecule has 5 nitrogen and oxygen atoms in total. The summed E-state index contributed by atoms with van der Waals surface area (Å²) in [6.45, 7) is 0. The lowest BCUT2D eigenvalue weighted by Crippen LogP contribution is -2.00. The van der Waals surface area contributed by atoms with Crippen LogP contribution in [0.2, 0.25) is 0 Å². The summed E-state index contributed by atoms with van der Waals surface area (Å²) in [5.41, 5.74) is 12.0. The third kappa shape index (κ3) is 5.29. The number of fused-ring (bicyclic) bond motifs is 6. The van der Waals surface area contributed by atoms with Gasteiger partial charge >= 0.3 is 0 Å². The van der Waals surface area contributed by atoms with Crippen molar-refractivity contribution in [1.82, 2.24) is 19.5 Å². The molecule has 0 spiro atoms. The van der Waals surface area contributed by atoms with Gasteiger partial charge in [-0.15, -0.1) is 0 Å². The minimum absolute atomic E-state index is 0.586. The number of hydrogen-bond donors (Lipinski definition) is 0. The minimum Gasteiger partial charge on any atom is -0.454 e. The lowest BCUT2D eigenvalue weighted by molar-refractivity contribution is 0.666. The fourth-order valence-electron chi connectivity index (χ4n) is 8.03. The van der Waals surface area contributed by atoms with Gasteiger partial charge < -0.3 is 8.98 Å². The fraction of sp³-hybridized carbons (Fsp3) is 0. The van der Waals surface area contributed by atoms with E-state index in [4.69, 9.17) is 19.4 Å². The molecule has 0 aliphatic carbocycles. The molecule has 0 aliphatic heterocycles. The first-order valence-corrected chi connectivity index (χ1v) is 18.8. The molecule has 56 heavy (non-hydrogen) atoms. The summed E-state index contributed by atoms with van der Waals surface area (Å²) in [7, 11) is 0. The van der Waals surface area contributed by atoms with E-state index < -0.39 is 0 Å². The first-order valence-electron chi connectivity index (χ1n) is 18.8. The summed E-state index contributed by atoms with van der Waals surface area (Å²) >= 11 is 0. The van der Waals surface area contributed by atoms with Crippen molar-refractivity contribution in [2.24, 2.45) is 0 Å². The normalized spacial score (nSPS) is 11.6. The molecule has 0 saturated carbocycles. The van der Waals surface area contributed by atoms with E-state index in [0.29, 0.717) is 17.5 Å². The Balaban J connectivity index is 1.21. The van der Waals surface area contributed by atoms with Crippen LogP contribution < -0.4 is 0 Å². The number of furan rings is 1. The van der Waals surface area contributed by atoms with Crippen LogP contribution in [0, 0.1) is 0 Å². The predicted molar refractivity (Wildman–Crippen MR) is 229 cm³/mol. The lowest BCUT2D eigenvalue weighted by atomic mass is 9.99. The zero-order valence-electron chi connectivity index (χ0n) is 30.2. The maximum atomic E-state index is 6.99. The molecular formula is C51H32N4O. The van der Waals surface area contributed by atoms with Gasteiger partial charge in [-0.05, 0) is 58.7 Å². The van der Waals surface area contributed by atoms with Crippen molar-refractivity contribution in [3.8, 4) is 62.1 Å². The highest BCUT2D eigenvalue weighted by molar-refractivity contribution is 6.17.